The van der Waals surface area contributed by atoms with Crippen LogP contribution in [0.1, 0.15) is 30.9 Å². The molecule has 0 bridgehead atoms. The Morgan fingerprint density at radius 1 is 1.26 bits per heavy atom. The Morgan fingerprint density at radius 2 is 2.05 bits per heavy atom. The van der Waals surface area contributed by atoms with Crippen molar-refractivity contribution in [2.24, 2.45) is 0 Å². The highest BCUT2D eigenvalue weighted by Gasteiger charge is 2.30. The van der Waals surface area contributed by atoms with Gasteiger partial charge in [-0.1, -0.05) is 25.1 Å². The lowest BCUT2D eigenvalue weighted by Crippen LogP contribution is -2.30. The predicted octanol–water partition coefficient (Wildman–Crippen LogP) is 4.20. The highest BCUT2D eigenvalue weighted by molar-refractivity contribution is 5.68. The van der Waals surface area contributed by atoms with Gasteiger partial charge in [0.05, 0.1) is 5.56 Å². The van der Waals surface area contributed by atoms with Crippen molar-refractivity contribution in [1.82, 2.24) is 4.90 Å². The monoisotopic (exact) mass is 269 g/mol. The van der Waals surface area contributed by atoms with Crippen molar-refractivity contribution in [2.45, 2.75) is 25.9 Å². The van der Waals surface area contributed by atoms with Gasteiger partial charge in [0.25, 0.3) is 0 Å². The Hall–Kier alpha value is -1.29. The van der Waals surface area contributed by atoms with Crippen LogP contribution in [0.5, 0.6) is 0 Å². The number of benzene rings is 1. The van der Waals surface area contributed by atoms with Crippen LogP contribution in [-0.2, 0) is 6.18 Å². The lowest BCUT2D eigenvalue weighted by atomic mass is 9.99. The van der Waals surface area contributed by atoms with E-state index in [-0.39, 0.29) is 0 Å². The molecule has 0 aliphatic carbocycles. The Balaban J connectivity index is 2.20. The average Bonchev–Trinajstić information content (AvgIpc) is 2.39. The van der Waals surface area contributed by atoms with Gasteiger partial charge in [-0.05, 0) is 42.7 Å². The second kappa shape index (κ2) is 5.78. The Labute approximate surface area is 111 Å². The van der Waals surface area contributed by atoms with Gasteiger partial charge in [-0.2, -0.15) is 13.2 Å². The maximum Gasteiger partial charge on any atom is 0.416 e. The number of hydrogen-bond donors (Lipinski definition) is 0. The van der Waals surface area contributed by atoms with Crippen LogP contribution in [-0.4, -0.2) is 24.5 Å². The first-order chi connectivity index (χ1) is 9.00. The van der Waals surface area contributed by atoms with E-state index >= 15 is 0 Å². The topological polar surface area (TPSA) is 3.24 Å². The van der Waals surface area contributed by atoms with Crippen LogP contribution in [0, 0.1) is 0 Å². The van der Waals surface area contributed by atoms with Crippen LogP contribution < -0.4 is 0 Å². The fourth-order valence-corrected chi connectivity index (χ4v) is 2.42. The summed E-state index contributed by atoms with van der Waals surface area (Å²) in [7, 11) is 0. The van der Waals surface area contributed by atoms with Gasteiger partial charge in [-0.15, -0.1) is 0 Å². The minimum atomic E-state index is -4.27. The van der Waals surface area contributed by atoms with E-state index in [0.717, 1.165) is 44.1 Å². The molecule has 1 aromatic rings. The van der Waals surface area contributed by atoms with Crippen molar-refractivity contribution in [3.05, 3.63) is 41.5 Å². The first kappa shape index (κ1) is 14.1. The molecule has 1 heterocycles. The van der Waals surface area contributed by atoms with Crippen molar-refractivity contribution in [3.8, 4) is 0 Å². The summed E-state index contributed by atoms with van der Waals surface area (Å²) in [6.07, 6.45) is -0.239. The minimum Gasteiger partial charge on any atom is -0.299 e. The van der Waals surface area contributed by atoms with Crippen molar-refractivity contribution < 1.29 is 13.2 Å². The van der Waals surface area contributed by atoms with Crippen LogP contribution in [0.15, 0.2) is 30.3 Å². The molecule has 0 unspecified atom stereocenters. The summed E-state index contributed by atoms with van der Waals surface area (Å²) in [5, 5.41) is 0. The van der Waals surface area contributed by atoms with E-state index in [4.69, 9.17) is 0 Å². The molecule has 0 saturated carbocycles. The molecule has 0 saturated heterocycles. The second-order valence-electron chi connectivity index (χ2n) is 4.87. The summed E-state index contributed by atoms with van der Waals surface area (Å²) in [5.41, 5.74) is 1.12. The van der Waals surface area contributed by atoms with Crippen molar-refractivity contribution in [3.63, 3.8) is 0 Å². The third kappa shape index (κ3) is 3.60. The van der Waals surface area contributed by atoms with Crippen molar-refractivity contribution in [2.75, 3.05) is 19.6 Å². The van der Waals surface area contributed by atoms with Crippen LogP contribution in [0.4, 0.5) is 13.2 Å². The molecule has 0 fully saturated rings. The van der Waals surface area contributed by atoms with Crippen LogP contribution in [0.3, 0.4) is 0 Å². The number of rotatable bonds is 3. The van der Waals surface area contributed by atoms with E-state index in [0.29, 0.717) is 5.56 Å². The molecule has 19 heavy (non-hydrogen) atoms. The van der Waals surface area contributed by atoms with Gasteiger partial charge in [-0.25, -0.2) is 0 Å². The van der Waals surface area contributed by atoms with Crippen LogP contribution in [0.25, 0.3) is 5.57 Å². The molecule has 0 radical (unpaired) electrons. The molecule has 2 rings (SSSR count). The van der Waals surface area contributed by atoms with Gasteiger partial charge in [0, 0.05) is 13.1 Å². The van der Waals surface area contributed by atoms with Crippen LogP contribution in [0.2, 0.25) is 0 Å². The van der Waals surface area contributed by atoms with E-state index in [2.05, 4.69) is 17.9 Å². The molecule has 0 amide bonds. The molecule has 1 aliphatic rings. The molecule has 1 aliphatic heterocycles. The van der Waals surface area contributed by atoms with Gasteiger partial charge in [0.2, 0.25) is 0 Å². The van der Waals surface area contributed by atoms with E-state index in [9.17, 15) is 13.2 Å². The molecule has 0 atom stereocenters. The van der Waals surface area contributed by atoms with Crippen LogP contribution >= 0.6 is 0 Å². The van der Waals surface area contributed by atoms with Gasteiger partial charge < -0.3 is 0 Å². The SMILES string of the molecule is CCCN1CCC=C(c2cccc(C(F)(F)F)c2)C1. The third-order valence-electron chi connectivity index (χ3n) is 3.33. The smallest absolute Gasteiger partial charge is 0.299 e. The highest BCUT2D eigenvalue weighted by atomic mass is 19.4. The molecular weight excluding hydrogens is 251 g/mol. The van der Waals surface area contributed by atoms with Gasteiger partial charge in [-0.3, -0.25) is 4.90 Å². The number of alkyl halides is 3. The van der Waals surface area contributed by atoms with Crippen molar-refractivity contribution in [1.29, 1.82) is 0 Å². The van der Waals surface area contributed by atoms with E-state index in [1.807, 2.05) is 0 Å². The summed E-state index contributed by atoms with van der Waals surface area (Å²) in [4.78, 5) is 2.29. The van der Waals surface area contributed by atoms with E-state index in [1.165, 1.54) is 12.1 Å². The first-order valence-electron chi connectivity index (χ1n) is 6.59. The zero-order valence-corrected chi connectivity index (χ0v) is 11.0. The quantitative estimate of drug-likeness (QED) is 0.794. The summed E-state index contributed by atoms with van der Waals surface area (Å²) >= 11 is 0. The maximum absolute atomic E-state index is 12.7. The molecular formula is C15H18F3N. The molecule has 104 valence electrons. The standard InChI is InChI=1S/C15H18F3N/c1-2-8-19-9-4-6-13(11-19)12-5-3-7-14(10-12)15(16,17)18/h3,5-7,10H,2,4,8-9,11H2,1H3. The fourth-order valence-electron chi connectivity index (χ4n) is 2.42. The fraction of sp³-hybridized carbons (Fsp3) is 0.467. The second-order valence-corrected chi connectivity index (χ2v) is 4.87. The third-order valence-corrected chi connectivity index (χ3v) is 3.33. The predicted molar refractivity (Wildman–Crippen MR) is 70.8 cm³/mol. The molecule has 4 heteroatoms. The zero-order chi connectivity index (χ0) is 13.9. The van der Waals surface area contributed by atoms with E-state index < -0.39 is 11.7 Å². The molecule has 0 N–H and O–H groups in total. The summed E-state index contributed by atoms with van der Waals surface area (Å²) < 4.78 is 38.1. The Kier molecular flexibility index (Phi) is 4.30. The normalized spacial score (nSPS) is 17.4. The lowest BCUT2D eigenvalue weighted by molar-refractivity contribution is -0.137. The molecule has 1 nitrogen and oxygen atoms in total. The number of halogens is 3. The Morgan fingerprint density at radius 3 is 2.74 bits per heavy atom. The summed E-state index contributed by atoms with van der Waals surface area (Å²) in [6.45, 7) is 4.85. The largest absolute Gasteiger partial charge is 0.416 e. The van der Waals surface area contributed by atoms with E-state index in [1.54, 1.807) is 6.07 Å². The molecule has 0 aromatic heterocycles. The zero-order valence-electron chi connectivity index (χ0n) is 11.0. The van der Waals surface area contributed by atoms with Gasteiger partial charge in [0.15, 0.2) is 0 Å². The van der Waals surface area contributed by atoms with Gasteiger partial charge >= 0.3 is 6.18 Å². The lowest BCUT2D eigenvalue weighted by Gasteiger charge is -2.27. The minimum absolute atomic E-state index is 0.571. The molecule has 0 spiro atoms. The number of hydrogen-bond acceptors (Lipinski definition) is 1. The number of nitrogens with zero attached hydrogens (tertiary/aromatic N) is 1. The Bertz CT molecular complexity index is 463. The highest BCUT2D eigenvalue weighted by Crippen LogP contribution is 2.31. The maximum atomic E-state index is 12.7. The van der Waals surface area contributed by atoms with Crippen molar-refractivity contribution >= 4 is 5.57 Å². The summed E-state index contributed by atoms with van der Waals surface area (Å²) in [5.74, 6) is 0. The van der Waals surface area contributed by atoms with Gasteiger partial charge in [0.1, 0.15) is 0 Å². The first-order valence-corrected chi connectivity index (χ1v) is 6.59. The molecule has 1 aromatic carbocycles. The summed E-state index contributed by atoms with van der Waals surface area (Å²) in [6, 6.07) is 5.62. The average molecular weight is 269 g/mol.